The maximum atomic E-state index is 11.6. The van der Waals surface area contributed by atoms with Crippen LogP contribution in [0.4, 0.5) is 0 Å². The summed E-state index contributed by atoms with van der Waals surface area (Å²) in [7, 11) is 0. The fraction of sp³-hybridized carbons (Fsp3) is 0.0769. The standard InChI is InChI=1S/C13H11N3O3/c17-12(18)11-6-15-13(19)16(11)7-8-5-14-10-4-2-1-3-9(8)10/h1-6,14H,7H2,(H,15,19)(H,17,18). The Labute approximate surface area is 107 Å². The van der Waals surface area contributed by atoms with E-state index >= 15 is 0 Å². The second-order valence-corrected chi connectivity index (χ2v) is 4.23. The van der Waals surface area contributed by atoms with Crippen molar-refractivity contribution in [2.45, 2.75) is 6.54 Å². The molecule has 0 amide bonds. The minimum Gasteiger partial charge on any atom is -0.477 e. The number of aromatic nitrogens is 3. The van der Waals surface area contributed by atoms with Crippen LogP contribution in [-0.4, -0.2) is 25.6 Å². The topological polar surface area (TPSA) is 90.9 Å². The van der Waals surface area contributed by atoms with Gasteiger partial charge >= 0.3 is 11.7 Å². The maximum absolute atomic E-state index is 11.6. The molecule has 3 N–H and O–H groups in total. The van der Waals surface area contributed by atoms with E-state index in [4.69, 9.17) is 5.11 Å². The summed E-state index contributed by atoms with van der Waals surface area (Å²) >= 11 is 0. The Bertz CT molecular complexity index is 810. The Morgan fingerprint density at radius 3 is 2.79 bits per heavy atom. The van der Waals surface area contributed by atoms with Gasteiger partial charge in [0.05, 0.1) is 6.54 Å². The summed E-state index contributed by atoms with van der Waals surface area (Å²) in [5.41, 5.74) is 1.36. The van der Waals surface area contributed by atoms with E-state index in [0.29, 0.717) is 0 Å². The van der Waals surface area contributed by atoms with Gasteiger partial charge in [-0.05, 0) is 11.6 Å². The first-order chi connectivity index (χ1) is 9.16. The number of rotatable bonds is 3. The molecule has 6 heteroatoms. The molecular formula is C13H11N3O3. The number of aromatic carboxylic acids is 1. The number of hydrogen-bond acceptors (Lipinski definition) is 2. The van der Waals surface area contributed by atoms with E-state index in [9.17, 15) is 9.59 Å². The van der Waals surface area contributed by atoms with Crippen molar-refractivity contribution in [1.82, 2.24) is 14.5 Å². The quantitative estimate of drug-likeness (QED) is 0.662. The van der Waals surface area contributed by atoms with Gasteiger partial charge in [0.2, 0.25) is 0 Å². The zero-order chi connectivity index (χ0) is 13.4. The van der Waals surface area contributed by atoms with Crippen LogP contribution in [-0.2, 0) is 6.54 Å². The smallest absolute Gasteiger partial charge is 0.354 e. The average Bonchev–Trinajstić information content (AvgIpc) is 2.96. The highest BCUT2D eigenvalue weighted by Gasteiger charge is 2.14. The Hall–Kier alpha value is -2.76. The van der Waals surface area contributed by atoms with E-state index in [0.717, 1.165) is 16.5 Å². The van der Waals surface area contributed by atoms with Crippen molar-refractivity contribution < 1.29 is 9.90 Å². The van der Waals surface area contributed by atoms with Crippen LogP contribution in [0.25, 0.3) is 10.9 Å². The van der Waals surface area contributed by atoms with Gasteiger partial charge in [0.25, 0.3) is 0 Å². The molecule has 0 unspecified atom stereocenters. The Morgan fingerprint density at radius 2 is 2.00 bits per heavy atom. The summed E-state index contributed by atoms with van der Waals surface area (Å²) in [5.74, 6) is -1.13. The van der Waals surface area contributed by atoms with Gasteiger partial charge in [-0.2, -0.15) is 0 Å². The molecule has 3 aromatic rings. The number of carbonyl (C=O) groups is 1. The fourth-order valence-electron chi connectivity index (χ4n) is 2.16. The number of carboxylic acid groups (broad SMARTS) is 1. The predicted octanol–water partition coefficient (Wildman–Crippen LogP) is 1.40. The first-order valence-electron chi connectivity index (χ1n) is 5.73. The Morgan fingerprint density at radius 1 is 1.21 bits per heavy atom. The molecule has 0 atom stereocenters. The maximum Gasteiger partial charge on any atom is 0.354 e. The molecule has 0 aliphatic heterocycles. The molecular weight excluding hydrogens is 246 g/mol. The molecule has 2 aromatic heterocycles. The van der Waals surface area contributed by atoms with E-state index in [2.05, 4.69) is 9.97 Å². The fourth-order valence-corrected chi connectivity index (χ4v) is 2.16. The Balaban J connectivity index is 2.09. The van der Waals surface area contributed by atoms with Crippen LogP contribution in [0, 0.1) is 0 Å². The van der Waals surface area contributed by atoms with E-state index in [1.807, 2.05) is 24.3 Å². The Kier molecular flexibility index (Phi) is 2.49. The first-order valence-corrected chi connectivity index (χ1v) is 5.73. The number of carboxylic acids is 1. The number of para-hydroxylation sites is 1. The van der Waals surface area contributed by atoms with Crippen LogP contribution in [0.5, 0.6) is 0 Å². The summed E-state index contributed by atoms with van der Waals surface area (Å²) in [6, 6.07) is 7.67. The minimum absolute atomic E-state index is 0.0460. The zero-order valence-corrected chi connectivity index (χ0v) is 9.88. The van der Waals surface area contributed by atoms with Gasteiger partial charge in [-0.1, -0.05) is 18.2 Å². The van der Waals surface area contributed by atoms with E-state index in [1.165, 1.54) is 10.8 Å². The van der Waals surface area contributed by atoms with Crippen molar-refractivity contribution in [3.8, 4) is 0 Å². The molecule has 3 rings (SSSR count). The monoisotopic (exact) mass is 257 g/mol. The highest BCUT2D eigenvalue weighted by molar-refractivity contribution is 5.86. The first kappa shape index (κ1) is 11.3. The van der Waals surface area contributed by atoms with Crippen LogP contribution in [0.2, 0.25) is 0 Å². The molecule has 1 aromatic carbocycles. The molecule has 0 saturated heterocycles. The molecule has 19 heavy (non-hydrogen) atoms. The van der Waals surface area contributed by atoms with Gasteiger partial charge < -0.3 is 15.1 Å². The molecule has 96 valence electrons. The zero-order valence-electron chi connectivity index (χ0n) is 9.88. The van der Waals surface area contributed by atoms with E-state index in [1.54, 1.807) is 6.20 Å². The van der Waals surface area contributed by atoms with Gasteiger partial charge in [0.1, 0.15) is 5.69 Å². The highest BCUT2D eigenvalue weighted by atomic mass is 16.4. The van der Waals surface area contributed by atoms with Crippen LogP contribution < -0.4 is 5.69 Å². The molecule has 0 radical (unpaired) electrons. The van der Waals surface area contributed by atoms with Crippen molar-refractivity contribution in [2.24, 2.45) is 0 Å². The number of nitrogens with zero attached hydrogens (tertiary/aromatic N) is 1. The van der Waals surface area contributed by atoms with Crippen molar-refractivity contribution >= 4 is 16.9 Å². The molecule has 6 nitrogen and oxygen atoms in total. The van der Waals surface area contributed by atoms with Gasteiger partial charge in [0.15, 0.2) is 0 Å². The number of benzene rings is 1. The number of nitrogens with one attached hydrogen (secondary N) is 2. The molecule has 2 heterocycles. The third-order valence-electron chi connectivity index (χ3n) is 3.09. The van der Waals surface area contributed by atoms with Crippen LogP contribution in [0.15, 0.2) is 41.5 Å². The summed E-state index contributed by atoms with van der Waals surface area (Å²) in [6.45, 7) is 0.216. The summed E-state index contributed by atoms with van der Waals surface area (Å²) in [6.07, 6.45) is 3.00. The second kappa shape index (κ2) is 4.16. The second-order valence-electron chi connectivity index (χ2n) is 4.23. The molecule has 0 spiro atoms. The summed E-state index contributed by atoms with van der Waals surface area (Å²) in [5, 5.41) is 10.0. The average molecular weight is 257 g/mol. The van der Waals surface area contributed by atoms with Gasteiger partial charge in [-0.15, -0.1) is 0 Å². The van der Waals surface area contributed by atoms with Gasteiger partial charge in [-0.3, -0.25) is 4.57 Å². The lowest BCUT2D eigenvalue weighted by Gasteiger charge is -2.03. The van der Waals surface area contributed by atoms with Gasteiger partial charge in [-0.25, -0.2) is 9.59 Å². The molecule has 0 saturated carbocycles. The third-order valence-corrected chi connectivity index (χ3v) is 3.09. The number of H-pyrrole nitrogens is 2. The number of aromatic amines is 2. The molecule has 0 fully saturated rings. The van der Waals surface area contributed by atoms with Crippen molar-refractivity contribution in [3.63, 3.8) is 0 Å². The van der Waals surface area contributed by atoms with E-state index in [-0.39, 0.29) is 12.2 Å². The normalized spacial score (nSPS) is 10.9. The van der Waals surface area contributed by atoms with Crippen LogP contribution in [0.3, 0.4) is 0 Å². The van der Waals surface area contributed by atoms with Crippen molar-refractivity contribution in [3.05, 3.63) is 58.4 Å². The summed E-state index contributed by atoms with van der Waals surface area (Å²) in [4.78, 5) is 28.2. The lowest BCUT2D eigenvalue weighted by molar-refractivity contribution is 0.0685. The molecule has 0 aliphatic carbocycles. The van der Waals surface area contributed by atoms with E-state index < -0.39 is 11.7 Å². The van der Waals surface area contributed by atoms with Crippen LogP contribution in [0.1, 0.15) is 16.1 Å². The van der Waals surface area contributed by atoms with Gasteiger partial charge in [0, 0.05) is 23.3 Å². The molecule has 0 aliphatic rings. The highest BCUT2D eigenvalue weighted by Crippen LogP contribution is 2.18. The number of fused-ring (bicyclic) bond motifs is 1. The lowest BCUT2D eigenvalue weighted by atomic mass is 10.2. The SMILES string of the molecule is O=C(O)c1c[nH]c(=O)n1Cc1c[nH]c2ccccc12. The van der Waals surface area contributed by atoms with Crippen molar-refractivity contribution in [2.75, 3.05) is 0 Å². The van der Waals surface area contributed by atoms with Crippen molar-refractivity contribution in [1.29, 1.82) is 0 Å². The number of imidazole rings is 1. The lowest BCUT2D eigenvalue weighted by Crippen LogP contribution is -2.21. The number of hydrogen-bond donors (Lipinski definition) is 3. The largest absolute Gasteiger partial charge is 0.477 e. The third kappa shape index (κ3) is 1.83. The van der Waals surface area contributed by atoms with Crippen LogP contribution >= 0.6 is 0 Å². The minimum atomic E-state index is -1.13. The predicted molar refractivity (Wildman–Crippen MR) is 69.4 cm³/mol. The molecule has 0 bridgehead atoms. The summed E-state index contributed by atoms with van der Waals surface area (Å²) < 4.78 is 1.21.